The van der Waals surface area contributed by atoms with Gasteiger partial charge in [0.2, 0.25) is 0 Å². The molecule has 84 heavy (non-hydrogen) atoms. The molecule has 3 aliphatic heterocycles. The summed E-state index contributed by atoms with van der Waals surface area (Å²) in [5.41, 5.74) is 8.93. The normalized spacial score (nSPS) is 15.4. The van der Waals surface area contributed by atoms with Gasteiger partial charge in [0, 0.05) is 92.3 Å². The van der Waals surface area contributed by atoms with Crippen LogP contribution < -0.4 is 53.2 Å². The number of quaternary nitrogens is 4. The van der Waals surface area contributed by atoms with E-state index in [0.717, 1.165) is 72.3 Å². The van der Waals surface area contributed by atoms with Crippen LogP contribution in [0.5, 0.6) is 46.0 Å². The first-order valence-corrected chi connectivity index (χ1v) is 28.0. The van der Waals surface area contributed by atoms with Gasteiger partial charge in [-0.05, 0) is 121 Å². The number of ether oxygens (including phenoxy) is 4. The molecule has 5 heterocycles. The summed E-state index contributed by atoms with van der Waals surface area (Å²) < 4.78 is 29.0. The topological polar surface area (TPSA) is 142 Å². The smallest absolute Gasteiger partial charge is 0.164 e. The predicted molar refractivity (Wildman–Crippen MR) is 342 cm³/mol. The quantitative estimate of drug-likeness (QED) is 0.104. The zero-order chi connectivity index (χ0) is 58.5. The van der Waals surface area contributed by atoms with Gasteiger partial charge in [-0.15, -0.1) is 0 Å². The van der Waals surface area contributed by atoms with Crippen molar-refractivity contribution in [3.8, 4) is 46.0 Å². The molecule has 3 N–H and O–H groups in total. The Morgan fingerprint density at radius 2 is 0.714 bits per heavy atom. The molecule has 16 nitrogen and oxygen atoms in total. The van der Waals surface area contributed by atoms with Crippen molar-refractivity contribution in [1.29, 1.82) is 0 Å². The molecule has 0 saturated carbocycles. The standard InChI is InChI=1S/C68H68N12O4/c1-77(2,3)41-13-21-45(22-14-41)81-49-29-33-53-57(37-49)65-69-61(53)74-66-59-39-51(83-47-25-17-43(18-26-47)79(7,8)9)31-35-55(59)63(71-66)76-68-60-40-52(84-48-27-19-44(20-28-48)80(10,11)12)32-36-56(60)64(72-68)75-67-58-38-50(30-34-54(58)62(70-67)73-65)82-46-23-15-42(16-24-46)78(4,5)6/h13-40,65,70,73H,1-12H3,(H,69,71,72,74,75,76)/q+4. The summed E-state index contributed by atoms with van der Waals surface area (Å²) in [7, 11) is 25.7. The van der Waals surface area contributed by atoms with E-state index in [2.05, 4.69) is 148 Å². The number of aliphatic imine (C=N–C) groups is 3. The molecule has 1 unspecified atom stereocenters. The lowest BCUT2D eigenvalue weighted by Gasteiger charge is -2.23. The lowest BCUT2D eigenvalue weighted by molar-refractivity contribution is 0.473. The molecule has 3 aliphatic rings. The van der Waals surface area contributed by atoms with E-state index in [0.29, 0.717) is 98.3 Å². The number of anilines is 1. The lowest BCUT2D eigenvalue weighted by atomic mass is 10.1. The Balaban J connectivity index is 0.981. The summed E-state index contributed by atoms with van der Waals surface area (Å²) in [6.45, 7) is 0. The van der Waals surface area contributed by atoms with Crippen LogP contribution in [-0.4, -0.2) is 112 Å². The molecule has 10 aromatic rings. The van der Waals surface area contributed by atoms with Crippen LogP contribution in [0.4, 0.5) is 34.4 Å². The number of nitrogens with zero attached hydrogens (tertiary/aromatic N) is 9. The second-order valence-electron chi connectivity index (χ2n) is 25.1. The third kappa shape index (κ3) is 10.6. The van der Waals surface area contributed by atoms with Crippen LogP contribution in [0.1, 0.15) is 28.4 Å². The molecule has 1 atom stereocenters. The van der Waals surface area contributed by atoms with E-state index in [1.807, 2.05) is 121 Å². The maximum absolute atomic E-state index is 6.58. The summed E-state index contributed by atoms with van der Waals surface area (Å²) in [6, 6.07) is 56.6. The van der Waals surface area contributed by atoms with Gasteiger partial charge in [-0.2, -0.15) is 0 Å². The Morgan fingerprint density at radius 3 is 1.21 bits per heavy atom. The molecule has 0 fully saturated rings. The van der Waals surface area contributed by atoms with Gasteiger partial charge < -0.3 is 34.2 Å². The maximum Gasteiger partial charge on any atom is 0.164 e. The largest absolute Gasteiger partial charge is 0.457 e. The number of hydrogen-bond donors (Lipinski definition) is 3. The highest BCUT2D eigenvalue weighted by molar-refractivity contribution is 6.24. The van der Waals surface area contributed by atoms with E-state index < -0.39 is 6.17 Å². The van der Waals surface area contributed by atoms with Crippen LogP contribution in [0.2, 0.25) is 0 Å². The van der Waals surface area contributed by atoms with Gasteiger partial charge in [0.05, 0.1) is 84.6 Å². The zero-order valence-corrected chi connectivity index (χ0v) is 49.4. The molecule has 0 aliphatic carbocycles. The number of aromatic nitrogens is 2. The van der Waals surface area contributed by atoms with Crippen molar-refractivity contribution in [2.45, 2.75) is 6.17 Å². The fraction of sp³-hybridized carbons (Fsp3) is 0.191. The van der Waals surface area contributed by atoms with E-state index in [1.165, 1.54) is 0 Å². The Hall–Kier alpha value is -9.71. The summed E-state index contributed by atoms with van der Waals surface area (Å²) in [6.07, 6.45) is -0.619. The molecular formula is C68H68N12O4+4. The molecule has 8 bridgehead atoms. The molecule has 0 radical (unpaired) electrons. The van der Waals surface area contributed by atoms with Gasteiger partial charge in [-0.1, -0.05) is 0 Å². The Morgan fingerprint density at radius 1 is 0.321 bits per heavy atom. The molecule has 16 heteroatoms. The van der Waals surface area contributed by atoms with Crippen molar-refractivity contribution >= 4 is 73.4 Å². The molecule has 0 saturated heterocycles. The molecule has 0 amide bonds. The Kier molecular flexibility index (Phi) is 12.8. The number of hydrogen-bond acceptors (Lipinski definition) is 10. The highest BCUT2D eigenvalue weighted by Gasteiger charge is 2.30. The van der Waals surface area contributed by atoms with Gasteiger partial charge in [-0.3, -0.25) is 17.9 Å². The van der Waals surface area contributed by atoms with Gasteiger partial charge >= 0.3 is 0 Å². The summed E-state index contributed by atoms with van der Waals surface area (Å²) in [5, 5.41) is 7.04. The highest BCUT2D eigenvalue weighted by Crippen LogP contribution is 2.42. The Bertz CT molecular complexity index is 4470. The first-order valence-electron chi connectivity index (χ1n) is 28.0. The minimum Gasteiger partial charge on any atom is -0.457 e. The predicted octanol–water partition coefficient (Wildman–Crippen LogP) is 13.3. The molecule has 2 aromatic heterocycles. The van der Waals surface area contributed by atoms with Gasteiger partial charge in [0.15, 0.2) is 17.5 Å². The maximum atomic E-state index is 6.58. The van der Waals surface area contributed by atoms with Crippen molar-refractivity contribution in [2.24, 2.45) is 25.0 Å². The zero-order valence-electron chi connectivity index (χ0n) is 49.4. The van der Waals surface area contributed by atoms with Crippen LogP contribution in [0, 0.1) is 0 Å². The fourth-order valence-electron chi connectivity index (χ4n) is 10.6. The van der Waals surface area contributed by atoms with E-state index >= 15 is 0 Å². The molecule has 13 rings (SSSR count). The minimum atomic E-state index is -0.619. The van der Waals surface area contributed by atoms with Crippen molar-refractivity contribution in [1.82, 2.24) is 27.9 Å². The molecular weight excluding hydrogens is 1050 g/mol. The summed E-state index contributed by atoms with van der Waals surface area (Å²) in [5.74, 6) is 8.05. The molecule has 420 valence electrons. The third-order valence-electron chi connectivity index (χ3n) is 15.3. The number of amidine groups is 3. The SMILES string of the molecule is C[N+](C)(C)c1ccc(Oc2ccc3c(c2)C2=N/C3=N\c3[nH]c(c4ccc(Oc5ccc([N+](C)(C)C)cc5)cc34)NC3N=C(N=c4[nH]c(c5ccc(Oc6ccc([N+](C)(C)C)cc6)cc45)=N2)c2ccc(Oc4ccc([N+](C)(C)C)cc4)cc23)cc1. The fourth-order valence-corrected chi connectivity index (χ4v) is 10.6. The number of rotatable bonds is 12. The van der Waals surface area contributed by atoms with E-state index in [4.69, 9.17) is 43.9 Å². The minimum absolute atomic E-state index is 0.438. The first kappa shape index (κ1) is 53.6. The van der Waals surface area contributed by atoms with E-state index in [-0.39, 0.29) is 0 Å². The van der Waals surface area contributed by atoms with Crippen molar-refractivity contribution in [3.63, 3.8) is 0 Å². The van der Waals surface area contributed by atoms with Gasteiger partial charge in [-0.25, -0.2) is 25.0 Å². The Labute approximate surface area is 488 Å². The van der Waals surface area contributed by atoms with Crippen LogP contribution in [0.15, 0.2) is 195 Å². The van der Waals surface area contributed by atoms with E-state index in [1.54, 1.807) is 0 Å². The monoisotopic (exact) mass is 1120 g/mol. The first-order chi connectivity index (χ1) is 40.0. The second kappa shape index (κ2) is 20.0. The second-order valence-corrected chi connectivity index (χ2v) is 25.1. The number of H-pyrrole nitrogens is 2. The molecule has 8 aromatic carbocycles. The third-order valence-corrected chi connectivity index (χ3v) is 15.3. The van der Waals surface area contributed by atoms with Gasteiger partial charge in [0.1, 0.15) is 97.5 Å². The van der Waals surface area contributed by atoms with Crippen molar-refractivity contribution in [2.75, 3.05) is 89.9 Å². The average Bonchev–Trinajstić information content (AvgIpc) is 3.88. The summed E-state index contributed by atoms with van der Waals surface area (Å²) >= 11 is 0. The van der Waals surface area contributed by atoms with E-state index in [9.17, 15) is 0 Å². The van der Waals surface area contributed by atoms with Crippen molar-refractivity contribution in [3.05, 3.63) is 203 Å². The van der Waals surface area contributed by atoms with Crippen LogP contribution in [0.25, 0.3) is 21.5 Å². The van der Waals surface area contributed by atoms with Crippen LogP contribution in [0.3, 0.4) is 0 Å². The lowest BCUT2D eigenvalue weighted by Crippen LogP contribution is -2.34. The van der Waals surface area contributed by atoms with Crippen LogP contribution in [-0.2, 0) is 0 Å². The average molecular weight is 1120 g/mol. The van der Waals surface area contributed by atoms with Gasteiger partial charge in [0.25, 0.3) is 0 Å². The number of nitrogens with one attached hydrogen (secondary N) is 3. The number of aromatic amines is 2. The van der Waals surface area contributed by atoms with Crippen molar-refractivity contribution < 1.29 is 18.9 Å². The van der Waals surface area contributed by atoms with Crippen LogP contribution >= 0.6 is 0 Å². The number of fused-ring (bicyclic) bond motifs is 18. The number of benzene rings is 8. The molecule has 0 spiro atoms. The summed E-state index contributed by atoms with van der Waals surface area (Å²) in [4.78, 5) is 34.1. The highest BCUT2D eigenvalue weighted by atomic mass is 16.5.